The number of hydrogen-bond acceptors (Lipinski definition) is 7. The van der Waals surface area contributed by atoms with E-state index in [4.69, 9.17) is 5.26 Å². The van der Waals surface area contributed by atoms with Gasteiger partial charge in [-0.05, 0) is 75.9 Å². The Morgan fingerprint density at radius 1 is 1.18 bits per heavy atom. The first-order valence-corrected chi connectivity index (χ1v) is 14.0. The minimum Gasteiger partial charge on any atom is -0.362 e. The lowest BCUT2D eigenvalue weighted by atomic mass is 10.00. The second kappa shape index (κ2) is 14.9. The zero-order valence-corrected chi connectivity index (χ0v) is 25.0. The standard InChI is InChI=1S/C16H17N3OS.C16H24N2/c1-10(7-12(3)20)6-11(2)18-13-4-5-14-15(8-13)21-16(9-17)19-14;1-7-15-12-13(4)10-11-16(15)18(9-3)14(5)17(6)8-2/h4-5,8,10,18H,2,6-7H2,1,3H3;7,10-12H,1,5,8-9H2,2-4,6H3. The van der Waals surface area contributed by atoms with Gasteiger partial charge in [0.05, 0.1) is 10.2 Å². The second-order valence-corrected chi connectivity index (χ2v) is 10.7. The molecule has 0 amide bonds. The molecule has 1 atom stereocenters. The lowest BCUT2D eigenvalue weighted by Crippen LogP contribution is -2.32. The Morgan fingerprint density at radius 3 is 2.49 bits per heavy atom. The lowest BCUT2D eigenvalue weighted by molar-refractivity contribution is -0.117. The number of nitrogens with one attached hydrogen (secondary N) is 1. The monoisotopic (exact) mass is 543 g/mol. The molecule has 0 saturated heterocycles. The van der Waals surface area contributed by atoms with Crippen molar-refractivity contribution in [2.45, 2.75) is 47.5 Å². The summed E-state index contributed by atoms with van der Waals surface area (Å²) in [6.07, 6.45) is 3.23. The van der Waals surface area contributed by atoms with Gasteiger partial charge >= 0.3 is 0 Å². The molecule has 3 rings (SSSR count). The van der Waals surface area contributed by atoms with Crippen molar-refractivity contribution in [2.24, 2.45) is 5.92 Å². The summed E-state index contributed by atoms with van der Waals surface area (Å²) in [7, 11) is 2.06. The third-order valence-corrected chi connectivity index (χ3v) is 7.20. The van der Waals surface area contributed by atoms with Gasteiger partial charge in [-0.3, -0.25) is 0 Å². The number of carbonyl (C=O) groups excluding carboxylic acids is 1. The van der Waals surface area contributed by atoms with E-state index in [1.54, 1.807) is 6.92 Å². The van der Waals surface area contributed by atoms with Gasteiger partial charge in [0, 0.05) is 43.6 Å². The van der Waals surface area contributed by atoms with Crippen LogP contribution in [-0.2, 0) is 4.79 Å². The van der Waals surface area contributed by atoms with Crippen LogP contribution in [0.3, 0.4) is 0 Å². The number of fused-ring (bicyclic) bond motifs is 1. The van der Waals surface area contributed by atoms with E-state index < -0.39 is 0 Å². The van der Waals surface area contributed by atoms with Crippen LogP contribution in [0.5, 0.6) is 0 Å². The number of aromatic nitrogens is 1. The molecule has 0 radical (unpaired) electrons. The number of rotatable bonds is 12. The van der Waals surface area contributed by atoms with Crippen LogP contribution in [0.25, 0.3) is 16.3 Å². The number of hydrogen-bond donors (Lipinski definition) is 1. The fourth-order valence-electron chi connectivity index (χ4n) is 4.25. The number of carbonyl (C=O) groups is 1. The van der Waals surface area contributed by atoms with E-state index in [1.165, 1.54) is 22.6 Å². The first-order chi connectivity index (χ1) is 18.5. The summed E-state index contributed by atoms with van der Waals surface area (Å²) in [6.45, 7) is 24.0. The molecular weight excluding hydrogens is 502 g/mol. The van der Waals surface area contributed by atoms with Crippen LogP contribution in [0, 0.1) is 24.2 Å². The maximum Gasteiger partial charge on any atom is 0.195 e. The highest BCUT2D eigenvalue weighted by atomic mass is 32.1. The molecule has 6 nitrogen and oxygen atoms in total. The quantitative estimate of drug-likeness (QED) is 0.250. The maximum absolute atomic E-state index is 11.1. The summed E-state index contributed by atoms with van der Waals surface area (Å²) in [5.41, 5.74) is 6.21. The first kappa shape index (κ1) is 31.3. The molecule has 0 saturated carbocycles. The molecule has 0 aliphatic rings. The van der Waals surface area contributed by atoms with E-state index in [-0.39, 0.29) is 11.7 Å². The van der Waals surface area contributed by atoms with Gasteiger partial charge in [-0.1, -0.05) is 44.4 Å². The highest BCUT2D eigenvalue weighted by Gasteiger charge is 2.14. The van der Waals surface area contributed by atoms with Crippen molar-refractivity contribution in [3.05, 3.63) is 83.8 Å². The molecule has 3 aromatic rings. The third kappa shape index (κ3) is 9.12. The van der Waals surface area contributed by atoms with Crippen LogP contribution in [0.15, 0.2) is 67.7 Å². The molecule has 0 bridgehead atoms. The molecule has 0 aliphatic heterocycles. The Morgan fingerprint density at radius 2 is 1.90 bits per heavy atom. The second-order valence-electron chi connectivity index (χ2n) is 9.70. The third-order valence-electron chi connectivity index (χ3n) is 6.27. The topological polar surface area (TPSA) is 72.3 Å². The molecular formula is C32H41N5OS. The van der Waals surface area contributed by atoms with Gasteiger partial charge in [-0.2, -0.15) is 5.26 Å². The predicted molar refractivity (Wildman–Crippen MR) is 168 cm³/mol. The predicted octanol–water partition coefficient (Wildman–Crippen LogP) is 7.99. The number of nitriles is 1. The number of Topliss-reactive ketones (excluding diaryl/α,β-unsaturated/α-hetero) is 1. The number of benzene rings is 2. The maximum atomic E-state index is 11.1. The Labute approximate surface area is 238 Å². The Kier molecular flexibility index (Phi) is 12.0. The molecule has 7 heteroatoms. The van der Waals surface area contributed by atoms with E-state index in [0.717, 1.165) is 52.5 Å². The molecule has 0 spiro atoms. The first-order valence-electron chi connectivity index (χ1n) is 13.2. The molecule has 1 N–H and O–H groups in total. The summed E-state index contributed by atoms with van der Waals surface area (Å²) in [5.74, 6) is 1.50. The van der Waals surface area contributed by atoms with Crippen molar-refractivity contribution in [1.29, 1.82) is 5.26 Å². The highest BCUT2D eigenvalue weighted by Crippen LogP contribution is 2.27. The smallest absolute Gasteiger partial charge is 0.195 e. The molecule has 1 unspecified atom stereocenters. The number of allylic oxidation sites excluding steroid dienone is 1. The molecule has 1 heterocycles. The molecule has 0 aliphatic carbocycles. The summed E-state index contributed by atoms with van der Waals surface area (Å²) in [6, 6.07) is 14.3. The highest BCUT2D eigenvalue weighted by molar-refractivity contribution is 7.19. The normalized spacial score (nSPS) is 11.0. The van der Waals surface area contributed by atoms with Crippen molar-refractivity contribution >= 4 is 44.8 Å². The van der Waals surface area contributed by atoms with E-state index in [2.05, 4.69) is 91.9 Å². The van der Waals surface area contributed by atoms with E-state index >= 15 is 0 Å². The molecule has 206 valence electrons. The van der Waals surface area contributed by atoms with Crippen molar-refractivity contribution < 1.29 is 4.79 Å². The average Bonchev–Trinajstić information content (AvgIpc) is 3.31. The molecule has 39 heavy (non-hydrogen) atoms. The number of anilines is 2. The Balaban J connectivity index is 0.000000277. The van der Waals surface area contributed by atoms with Gasteiger partial charge in [0.1, 0.15) is 17.7 Å². The van der Waals surface area contributed by atoms with Gasteiger partial charge in [0.2, 0.25) is 0 Å². The summed E-state index contributed by atoms with van der Waals surface area (Å²) >= 11 is 1.37. The van der Waals surface area contributed by atoms with Crippen LogP contribution in [0.4, 0.5) is 11.4 Å². The van der Waals surface area contributed by atoms with Crippen LogP contribution in [0.2, 0.25) is 0 Å². The van der Waals surface area contributed by atoms with E-state index in [1.807, 2.05) is 31.2 Å². The van der Waals surface area contributed by atoms with Gasteiger partial charge in [-0.25, -0.2) is 4.98 Å². The van der Waals surface area contributed by atoms with E-state index in [0.29, 0.717) is 11.4 Å². The Hall–Kier alpha value is -3.89. The lowest BCUT2D eigenvalue weighted by Gasteiger charge is -2.32. The molecule has 1 aromatic heterocycles. The van der Waals surface area contributed by atoms with Crippen molar-refractivity contribution in [1.82, 2.24) is 9.88 Å². The van der Waals surface area contributed by atoms with Gasteiger partial charge in [0.15, 0.2) is 5.01 Å². The minimum atomic E-state index is 0.199. The van der Waals surface area contributed by atoms with Crippen molar-refractivity contribution in [3.63, 3.8) is 0 Å². The van der Waals surface area contributed by atoms with Crippen LogP contribution >= 0.6 is 11.3 Å². The van der Waals surface area contributed by atoms with Crippen LogP contribution < -0.4 is 10.2 Å². The number of thiazole rings is 1. The summed E-state index contributed by atoms with van der Waals surface area (Å²) in [5, 5.41) is 12.6. The van der Waals surface area contributed by atoms with Gasteiger partial charge < -0.3 is 19.9 Å². The number of nitrogens with zero attached hydrogens (tertiary/aromatic N) is 4. The zero-order valence-electron chi connectivity index (χ0n) is 24.2. The number of ketones is 1. The fourth-order valence-corrected chi connectivity index (χ4v) is 5.05. The van der Waals surface area contributed by atoms with Crippen molar-refractivity contribution in [3.8, 4) is 6.07 Å². The van der Waals surface area contributed by atoms with Crippen LogP contribution in [-0.4, -0.2) is 35.8 Å². The number of aryl methyl sites for hydroxylation is 1. The zero-order chi connectivity index (χ0) is 29.1. The fraction of sp³-hybridized carbons (Fsp3) is 0.344. The van der Waals surface area contributed by atoms with E-state index in [9.17, 15) is 4.79 Å². The van der Waals surface area contributed by atoms with Gasteiger partial charge in [-0.15, -0.1) is 11.3 Å². The average molecular weight is 544 g/mol. The van der Waals surface area contributed by atoms with Crippen LogP contribution in [0.1, 0.15) is 56.7 Å². The van der Waals surface area contributed by atoms with Crippen molar-refractivity contribution in [2.75, 3.05) is 30.4 Å². The minimum absolute atomic E-state index is 0.199. The molecule has 2 aromatic carbocycles. The Bertz CT molecular complexity index is 1370. The largest absolute Gasteiger partial charge is 0.362 e. The summed E-state index contributed by atoms with van der Waals surface area (Å²) in [4.78, 5) is 19.7. The summed E-state index contributed by atoms with van der Waals surface area (Å²) < 4.78 is 0.973. The molecule has 0 fully saturated rings. The van der Waals surface area contributed by atoms with Gasteiger partial charge in [0.25, 0.3) is 0 Å². The SMILES string of the molecule is C=C(CC(C)CC(C)=O)Nc1ccc2nc(C#N)sc2c1.C=Cc1cc(C)ccc1N(CC)C(=C)N(C)CC.